The summed E-state index contributed by atoms with van der Waals surface area (Å²) < 4.78 is 11.3. The van der Waals surface area contributed by atoms with Gasteiger partial charge in [-0.2, -0.15) is 9.78 Å². The van der Waals surface area contributed by atoms with Crippen LogP contribution in [0.15, 0.2) is 0 Å². The highest BCUT2D eigenvalue weighted by Gasteiger charge is 2.60. The van der Waals surface area contributed by atoms with Crippen molar-refractivity contribution in [3.05, 3.63) is 0 Å². The minimum absolute atomic E-state index is 0.0474. The zero-order chi connectivity index (χ0) is 19.4. The standard InChI is InChI=1S/C21H40O5/c1-6-11-14-17(9-4)19(16-13-8-3)23-20(22)24-21(25-26-21)18(10-5)15-12-7-2/h17-19H,6-16H2,1-5H3. The van der Waals surface area contributed by atoms with E-state index in [0.717, 1.165) is 70.6 Å². The fourth-order valence-electron chi connectivity index (χ4n) is 3.56. The van der Waals surface area contributed by atoms with Crippen LogP contribution >= 0.6 is 0 Å². The molecule has 0 radical (unpaired) electrons. The Kier molecular flexibility index (Phi) is 11.2. The molecule has 0 aromatic carbocycles. The molecule has 0 amide bonds. The molecule has 26 heavy (non-hydrogen) atoms. The maximum Gasteiger partial charge on any atom is 0.513 e. The van der Waals surface area contributed by atoms with Gasteiger partial charge in [-0.15, -0.1) is 0 Å². The second-order valence-corrected chi connectivity index (χ2v) is 7.48. The van der Waals surface area contributed by atoms with Gasteiger partial charge in [0.2, 0.25) is 0 Å². The van der Waals surface area contributed by atoms with E-state index < -0.39 is 12.1 Å². The summed E-state index contributed by atoms with van der Waals surface area (Å²) in [5.74, 6) is -0.791. The van der Waals surface area contributed by atoms with Crippen molar-refractivity contribution in [3.63, 3.8) is 0 Å². The van der Waals surface area contributed by atoms with Crippen LogP contribution < -0.4 is 0 Å². The molecule has 5 heteroatoms. The topological polar surface area (TPSA) is 60.6 Å². The quantitative estimate of drug-likeness (QED) is 0.181. The van der Waals surface area contributed by atoms with Crippen LogP contribution in [0, 0.1) is 11.8 Å². The summed E-state index contributed by atoms with van der Waals surface area (Å²) >= 11 is 0. The first-order valence-corrected chi connectivity index (χ1v) is 10.8. The molecule has 0 aromatic rings. The molecule has 1 heterocycles. The Bertz CT molecular complexity index is 381. The molecule has 3 atom stereocenters. The third-order valence-electron chi connectivity index (χ3n) is 5.44. The molecular weight excluding hydrogens is 332 g/mol. The molecule has 0 N–H and O–H groups in total. The van der Waals surface area contributed by atoms with Crippen LogP contribution in [0.25, 0.3) is 0 Å². The van der Waals surface area contributed by atoms with E-state index in [9.17, 15) is 4.79 Å². The molecule has 5 nitrogen and oxygen atoms in total. The summed E-state index contributed by atoms with van der Waals surface area (Å²) in [6.45, 7) is 10.7. The summed E-state index contributed by atoms with van der Waals surface area (Å²) in [5, 5.41) is 0. The molecule has 0 spiro atoms. The van der Waals surface area contributed by atoms with Gasteiger partial charge in [-0.05, 0) is 38.0 Å². The molecule has 154 valence electrons. The monoisotopic (exact) mass is 372 g/mol. The molecule has 1 aliphatic rings. The van der Waals surface area contributed by atoms with Crippen molar-refractivity contribution in [2.24, 2.45) is 11.8 Å². The van der Waals surface area contributed by atoms with Gasteiger partial charge in [-0.25, -0.2) is 4.79 Å². The average molecular weight is 373 g/mol. The number of carbonyl (C=O) groups excluding carboxylic acids is 1. The van der Waals surface area contributed by atoms with Crippen molar-refractivity contribution in [1.82, 2.24) is 0 Å². The van der Waals surface area contributed by atoms with Gasteiger partial charge in [0.1, 0.15) is 6.10 Å². The van der Waals surface area contributed by atoms with E-state index in [0.29, 0.717) is 5.92 Å². The lowest BCUT2D eigenvalue weighted by Gasteiger charge is -2.27. The molecule has 0 aromatic heterocycles. The summed E-state index contributed by atoms with van der Waals surface area (Å²) in [6.07, 6.45) is 10.6. The number of hydrogen-bond donors (Lipinski definition) is 0. The Labute approximate surface area is 160 Å². The lowest BCUT2D eigenvalue weighted by Crippen LogP contribution is -2.34. The first-order valence-electron chi connectivity index (χ1n) is 10.8. The van der Waals surface area contributed by atoms with E-state index in [2.05, 4.69) is 34.6 Å². The lowest BCUT2D eigenvalue weighted by atomic mass is 9.90. The number of carbonyl (C=O) groups is 1. The summed E-state index contributed by atoms with van der Waals surface area (Å²) in [6, 6.07) is 0. The minimum atomic E-state index is -1.22. The third kappa shape index (κ3) is 7.43. The van der Waals surface area contributed by atoms with Gasteiger partial charge in [0, 0.05) is 0 Å². The first-order chi connectivity index (χ1) is 12.6. The van der Waals surface area contributed by atoms with Gasteiger partial charge in [-0.3, -0.25) is 0 Å². The second-order valence-electron chi connectivity index (χ2n) is 7.48. The highest BCUT2D eigenvalue weighted by Crippen LogP contribution is 2.43. The van der Waals surface area contributed by atoms with Crippen molar-refractivity contribution in [2.75, 3.05) is 0 Å². The molecule has 0 saturated carbocycles. The van der Waals surface area contributed by atoms with Crippen LogP contribution in [-0.2, 0) is 19.2 Å². The largest absolute Gasteiger partial charge is 0.513 e. The highest BCUT2D eigenvalue weighted by atomic mass is 17.5. The maximum absolute atomic E-state index is 12.5. The Hall–Kier alpha value is -0.810. The van der Waals surface area contributed by atoms with Crippen molar-refractivity contribution in [1.29, 1.82) is 0 Å². The SMILES string of the molecule is CCCCC(CC)C(CCCC)OC(=O)OC1(C(CC)CCCC)OO1. The van der Waals surface area contributed by atoms with Crippen molar-refractivity contribution in [2.45, 2.75) is 117 Å². The summed E-state index contributed by atoms with van der Waals surface area (Å²) in [5.41, 5.74) is 0. The van der Waals surface area contributed by atoms with Gasteiger partial charge in [0.05, 0.1) is 5.92 Å². The number of rotatable bonds is 15. The molecule has 1 fully saturated rings. The number of ether oxygens (including phenoxy) is 2. The van der Waals surface area contributed by atoms with E-state index in [-0.39, 0.29) is 12.0 Å². The second kappa shape index (κ2) is 12.6. The average Bonchev–Trinajstić information content (AvgIpc) is 3.40. The third-order valence-corrected chi connectivity index (χ3v) is 5.44. The molecule has 1 aliphatic heterocycles. The predicted octanol–water partition coefficient (Wildman–Crippen LogP) is 6.75. The van der Waals surface area contributed by atoms with E-state index in [4.69, 9.17) is 19.2 Å². The van der Waals surface area contributed by atoms with E-state index in [1.54, 1.807) is 0 Å². The molecule has 1 saturated heterocycles. The maximum atomic E-state index is 12.5. The fraction of sp³-hybridized carbons (Fsp3) is 0.952. The molecule has 3 unspecified atom stereocenters. The van der Waals surface area contributed by atoms with Crippen molar-refractivity contribution in [3.8, 4) is 0 Å². The van der Waals surface area contributed by atoms with Gasteiger partial charge >= 0.3 is 12.1 Å². The van der Waals surface area contributed by atoms with Gasteiger partial charge < -0.3 is 9.47 Å². The molecule has 0 aliphatic carbocycles. The van der Waals surface area contributed by atoms with Crippen LogP contribution in [-0.4, -0.2) is 18.2 Å². The summed E-state index contributed by atoms with van der Waals surface area (Å²) in [4.78, 5) is 22.7. The van der Waals surface area contributed by atoms with Crippen LogP contribution in [0.3, 0.4) is 0 Å². The Balaban J connectivity index is 2.64. The van der Waals surface area contributed by atoms with Gasteiger partial charge in [-0.1, -0.05) is 73.1 Å². The zero-order valence-electron chi connectivity index (χ0n) is 17.6. The fourth-order valence-corrected chi connectivity index (χ4v) is 3.56. The van der Waals surface area contributed by atoms with E-state index in [1.165, 1.54) is 0 Å². The smallest absolute Gasteiger partial charge is 0.431 e. The van der Waals surface area contributed by atoms with Crippen LogP contribution in [0.2, 0.25) is 0 Å². The Morgan fingerprint density at radius 3 is 1.92 bits per heavy atom. The highest BCUT2D eigenvalue weighted by molar-refractivity contribution is 5.60. The normalized spacial score (nSPS) is 18.8. The lowest BCUT2D eigenvalue weighted by molar-refractivity contribution is -0.0966. The van der Waals surface area contributed by atoms with Gasteiger partial charge in [0.25, 0.3) is 0 Å². The van der Waals surface area contributed by atoms with Gasteiger partial charge in [0.15, 0.2) is 0 Å². The molecule has 1 rings (SSSR count). The Morgan fingerprint density at radius 1 is 0.846 bits per heavy atom. The predicted molar refractivity (Wildman–Crippen MR) is 102 cm³/mol. The number of unbranched alkanes of at least 4 members (excludes halogenated alkanes) is 3. The minimum Gasteiger partial charge on any atom is -0.431 e. The Morgan fingerprint density at radius 2 is 1.42 bits per heavy atom. The molecular formula is C21H40O5. The number of hydrogen-bond acceptors (Lipinski definition) is 5. The van der Waals surface area contributed by atoms with Crippen molar-refractivity contribution < 1.29 is 24.0 Å². The van der Waals surface area contributed by atoms with Crippen LogP contribution in [0.5, 0.6) is 0 Å². The van der Waals surface area contributed by atoms with Crippen LogP contribution in [0.4, 0.5) is 4.79 Å². The van der Waals surface area contributed by atoms with E-state index >= 15 is 0 Å². The first kappa shape index (κ1) is 23.2. The molecule has 0 bridgehead atoms. The summed E-state index contributed by atoms with van der Waals surface area (Å²) in [7, 11) is 0. The van der Waals surface area contributed by atoms with E-state index in [1.807, 2.05) is 0 Å². The van der Waals surface area contributed by atoms with Crippen LogP contribution in [0.1, 0.15) is 105 Å². The zero-order valence-corrected chi connectivity index (χ0v) is 17.6. The van der Waals surface area contributed by atoms with Crippen molar-refractivity contribution >= 4 is 6.16 Å².